The standard InChI is InChI=1S/C12H16N2O5/c1-19-11-6-5-9(8-10(11)14(17)18)13-7-3-2-4-12(15)16/h5-6,8,13H,2-4,7H2,1H3,(H,15,16). The maximum atomic E-state index is 10.8. The zero-order valence-electron chi connectivity index (χ0n) is 10.6. The molecular weight excluding hydrogens is 252 g/mol. The first kappa shape index (κ1) is 14.7. The van der Waals surface area contributed by atoms with Crippen LogP contribution in [0, 0.1) is 10.1 Å². The van der Waals surface area contributed by atoms with Crippen molar-refractivity contribution in [3.63, 3.8) is 0 Å². The third-order valence-corrected chi connectivity index (χ3v) is 2.52. The molecule has 1 rings (SSSR count). The summed E-state index contributed by atoms with van der Waals surface area (Å²) in [6.07, 6.45) is 1.39. The summed E-state index contributed by atoms with van der Waals surface area (Å²) < 4.78 is 4.90. The number of rotatable bonds is 8. The topological polar surface area (TPSA) is 102 Å². The molecule has 0 saturated heterocycles. The van der Waals surface area contributed by atoms with Crippen LogP contribution < -0.4 is 10.1 Å². The highest BCUT2D eigenvalue weighted by Crippen LogP contribution is 2.29. The molecule has 0 spiro atoms. The first-order valence-corrected chi connectivity index (χ1v) is 5.82. The van der Waals surface area contributed by atoms with E-state index in [2.05, 4.69) is 5.32 Å². The smallest absolute Gasteiger partial charge is 0.312 e. The summed E-state index contributed by atoms with van der Waals surface area (Å²) in [7, 11) is 1.38. The number of hydrogen-bond donors (Lipinski definition) is 2. The molecule has 0 aliphatic heterocycles. The van der Waals surface area contributed by atoms with Gasteiger partial charge in [-0.05, 0) is 25.0 Å². The number of aliphatic carboxylic acids is 1. The summed E-state index contributed by atoms with van der Waals surface area (Å²) in [4.78, 5) is 20.6. The molecule has 0 saturated carbocycles. The largest absolute Gasteiger partial charge is 0.490 e. The number of carboxylic acid groups (broad SMARTS) is 1. The van der Waals surface area contributed by atoms with E-state index in [0.717, 1.165) is 0 Å². The molecule has 0 heterocycles. The van der Waals surface area contributed by atoms with Crippen molar-refractivity contribution in [1.29, 1.82) is 0 Å². The normalized spacial score (nSPS) is 9.95. The van der Waals surface area contributed by atoms with Crippen molar-refractivity contribution in [1.82, 2.24) is 0 Å². The van der Waals surface area contributed by atoms with Gasteiger partial charge >= 0.3 is 11.7 Å². The molecule has 0 radical (unpaired) electrons. The van der Waals surface area contributed by atoms with Gasteiger partial charge in [0.05, 0.1) is 12.0 Å². The van der Waals surface area contributed by atoms with Gasteiger partial charge in [-0.2, -0.15) is 0 Å². The zero-order valence-corrected chi connectivity index (χ0v) is 10.6. The molecule has 0 unspecified atom stereocenters. The highest BCUT2D eigenvalue weighted by atomic mass is 16.6. The average molecular weight is 268 g/mol. The van der Waals surface area contributed by atoms with Gasteiger partial charge in [0.2, 0.25) is 0 Å². The molecule has 104 valence electrons. The van der Waals surface area contributed by atoms with Crippen LogP contribution in [0.4, 0.5) is 11.4 Å². The Morgan fingerprint density at radius 1 is 1.47 bits per heavy atom. The Morgan fingerprint density at radius 2 is 2.21 bits per heavy atom. The van der Waals surface area contributed by atoms with Crippen LogP contribution >= 0.6 is 0 Å². The number of ether oxygens (including phenoxy) is 1. The minimum Gasteiger partial charge on any atom is -0.490 e. The van der Waals surface area contributed by atoms with E-state index in [1.54, 1.807) is 6.07 Å². The van der Waals surface area contributed by atoms with Crippen molar-refractivity contribution in [2.24, 2.45) is 0 Å². The third kappa shape index (κ3) is 4.82. The van der Waals surface area contributed by atoms with Crippen molar-refractivity contribution in [2.45, 2.75) is 19.3 Å². The molecule has 0 amide bonds. The lowest BCUT2D eigenvalue weighted by molar-refractivity contribution is -0.385. The number of carbonyl (C=O) groups is 1. The molecular formula is C12H16N2O5. The van der Waals surface area contributed by atoms with Gasteiger partial charge in [-0.3, -0.25) is 14.9 Å². The van der Waals surface area contributed by atoms with Crippen LogP contribution in [0.1, 0.15) is 19.3 Å². The van der Waals surface area contributed by atoms with E-state index in [9.17, 15) is 14.9 Å². The molecule has 0 atom stereocenters. The fraction of sp³-hybridized carbons (Fsp3) is 0.417. The monoisotopic (exact) mass is 268 g/mol. The van der Waals surface area contributed by atoms with Gasteiger partial charge in [0.25, 0.3) is 0 Å². The number of methoxy groups -OCH3 is 1. The number of nitrogens with one attached hydrogen (secondary N) is 1. The minimum absolute atomic E-state index is 0.0990. The lowest BCUT2D eigenvalue weighted by Crippen LogP contribution is -2.04. The number of nitrogens with zero attached hydrogens (tertiary/aromatic N) is 1. The minimum atomic E-state index is -0.819. The van der Waals surface area contributed by atoms with Crippen LogP contribution in [0.25, 0.3) is 0 Å². The van der Waals surface area contributed by atoms with E-state index >= 15 is 0 Å². The number of anilines is 1. The molecule has 0 aliphatic rings. The quantitative estimate of drug-likeness (QED) is 0.426. The summed E-state index contributed by atoms with van der Waals surface area (Å²) in [5.74, 6) is -0.610. The Bertz CT molecular complexity index is 461. The first-order valence-electron chi connectivity index (χ1n) is 5.82. The molecule has 0 bridgehead atoms. The van der Waals surface area contributed by atoms with Gasteiger partial charge < -0.3 is 15.2 Å². The third-order valence-electron chi connectivity index (χ3n) is 2.52. The number of nitro benzene ring substituents is 1. The van der Waals surface area contributed by atoms with Crippen molar-refractivity contribution >= 4 is 17.3 Å². The van der Waals surface area contributed by atoms with Crippen LogP contribution in [0.2, 0.25) is 0 Å². The lowest BCUT2D eigenvalue weighted by atomic mass is 10.2. The fourth-order valence-corrected chi connectivity index (χ4v) is 1.58. The summed E-state index contributed by atoms with van der Waals surface area (Å²) >= 11 is 0. The van der Waals surface area contributed by atoms with Gasteiger partial charge in [-0.15, -0.1) is 0 Å². The highest BCUT2D eigenvalue weighted by molar-refractivity contribution is 5.66. The lowest BCUT2D eigenvalue weighted by Gasteiger charge is -2.07. The number of benzene rings is 1. The predicted octanol–water partition coefficient (Wildman–Crippen LogP) is 2.27. The molecule has 19 heavy (non-hydrogen) atoms. The van der Waals surface area contributed by atoms with E-state index in [4.69, 9.17) is 9.84 Å². The van der Waals surface area contributed by atoms with Crippen LogP contribution in [0.3, 0.4) is 0 Å². The summed E-state index contributed by atoms with van der Waals surface area (Å²) in [5, 5.41) is 22.3. The summed E-state index contributed by atoms with van der Waals surface area (Å²) in [5.41, 5.74) is 0.515. The highest BCUT2D eigenvalue weighted by Gasteiger charge is 2.14. The van der Waals surface area contributed by atoms with Gasteiger partial charge in [0, 0.05) is 24.7 Å². The second-order valence-corrected chi connectivity index (χ2v) is 3.92. The van der Waals surface area contributed by atoms with Crippen molar-refractivity contribution in [3.8, 4) is 5.75 Å². The molecule has 1 aromatic carbocycles. The van der Waals surface area contributed by atoms with Crippen molar-refractivity contribution < 1.29 is 19.6 Å². The van der Waals surface area contributed by atoms with E-state index < -0.39 is 10.9 Å². The van der Waals surface area contributed by atoms with Crippen LogP contribution in [0.15, 0.2) is 18.2 Å². The van der Waals surface area contributed by atoms with E-state index in [0.29, 0.717) is 25.1 Å². The van der Waals surface area contributed by atoms with E-state index in [1.807, 2.05) is 0 Å². The molecule has 0 fully saturated rings. The number of nitro groups is 1. The Labute approximate surface area is 110 Å². The molecule has 7 nitrogen and oxygen atoms in total. The van der Waals surface area contributed by atoms with Gasteiger partial charge in [0.1, 0.15) is 0 Å². The maximum Gasteiger partial charge on any atom is 0.312 e. The van der Waals surface area contributed by atoms with Crippen molar-refractivity contribution in [3.05, 3.63) is 28.3 Å². The zero-order chi connectivity index (χ0) is 14.3. The van der Waals surface area contributed by atoms with Crippen LogP contribution in [-0.2, 0) is 4.79 Å². The van der Waals surface area contributed by atoms with Gasteiger partial charge in [0.15, 0.2) is 5.75 Å². The maximum absolute atomic E-state index is 10.8. The summed E-state index contributed by atoms with van der Waals surface area (Å²) in [6, 6.07) is 4.61. The number of carboxylic acids is 1. The average Bonchev–Trinajstić information content (AvgIpc) is 2.37. The molecule has 2 N–H and O–H groups in total. The van der Waals surface area contributed by atoms with Crippen LogP contribution in [-0.4, -0.2) is 29.7 Å². The fourth-order valence-electron chi connectivity index (χ4n) is 1.58. The van der Waals surface area contributed by atoms with Crippen molar-refractivity contribution in [2.75, 3.05) is 19.0 Å². The Morgan fingerprint density at radius 3 is 2.79 bits per heavy atom. The van der Waals surface area contributed by atoms with E-state index in [-0.39, 0.29) is 17.9 Å². The molecule has 1 aromatic rings. The Balaban J connectivity index is 2.53. The predicted molar refractivity (Wildman–Crippen MR) is 69.6 cm³/mol. The molecule has 0 aromatic heterocycles. The molecule has 0 aliphatic carbocycles. The Kier molecular flexibility index (Phi) is 5.59. The first-order chi connectivity index (χ1) is 9.04. The molecule has 7 heteroatoms. The second-order valence-electron chi connectivity index (χ2n) is 3.92. The number of hydrogen-bond acceptors (Lipinski definition) is 5. The van der Waals surface area contributed by atoms with Gasteiger partial charge in [-0.25, -0.2) is 0 Å². The Hall–Kier alpha value is -2.31. The SMILES string of the molecule is COc1ccc(NCCCCC(=O)O)cc1[N+](=O)[O-]. The summed E-state index contributed by atoms with van der Waals surface area (Å²) in [6.45, 7) is 0.566. The second kappa shape index (κ2) is 7.20. The van der Waals surface area contributed by atoms with Crippen LogP contribution in [0.5, 0.6) is 5.75 Å². The van der Waals surface area contributed by atoms with E-state index in [1.165, 1.54) is 19.2 Å². The van der Waals surface area contributed by atoms with Gasteiger partial charge in [-0.1, -0.05) is 0 Å². The number of unbranched alkanes of at least 4 members (excludes halogenated alkanes) is 1.